The van der Waals surface area contributed by atoms with Gasteiger partial charge in [0.25, 0.3) is 0 Å². The summed E-state index contributed by atoms with van der Waals surface area (Å²) < 4.78 is 0. The molecule has 1 rings (SSSR count). The van der Waals surface area contributed by atoms with Crippen molar-refractivity contribution >= 4 is 23.2 Å². The van der Waals surface area contributed by atoms with Gasteiger partial charge in [-0.2, -0.15) is 0 Å². The van der Waals surface area contributed by atoms with E-state index < -0.39 is 0 Å². The zero-order valence-corrected chi connectivity index (χ0v) is 16.4. The van der Waals surface area contributed by atoms with Gasteiger partial charge in [-0.3, -0.25) is 9.59 Å². The van der Waals surface area contributed by atoms with Crippen LogP contribution in [0.4, 0.5) is 11.4 Å². The van der Waals surface area contributed by atoms with Gasteiger partial charge >= 0.3 is 0 Å². The molecule has 2 amide bonds. The highest BCUT2D eigenvalue weighted by atomic mass is 16.2. The Morgan fingerprint density at radius 3 is 1.72 bits per heavy atom. The molecule has 5 heteroatoms. The molecule has 5 nitrogen and oxygen atoms in total. The maximum absolute atomic E-state index is 12.6. The molecular weight excluding hydrogens is 314 g/mol. The summed E-state index contributed by atoms with van der Waals surface area (Å²) in [7, 11) is 0. The van der Waals surface area contributed by atoms with E-state index in [0.717, 1.165) is 50.4 Å². The predicted molar refractivity (Wildman–Crippen MR) is 105 cm³/mol. The van der Waals surface area contributed by atoms with E-state index in [0.29, 0.717) is 0 Å². The van der Waals surface area contributed by atoms with Crippen molar-refractivity contribution in [3.05, 3.63) is 24.3 Å². The Morgan fingerprint density at radius 2 is 1.32 bits per heavy atom. The SMILES string of the molecule is CCCN(CCC)C(=O)CN(C(C)=O)c1ccc(N(CC)CC)cc1. The number of nitrogens with zero attached hydrogens (tertiary/aromatic N) is 3. The van der Waals surface area contributed by atoms with Gasteiger partial charge in [0.15, 0.2) is 0 Å². The maximum atomic E-state index is 12.6. The van der Waals surface area contributed by atoms with Gasteiger partial charge < -0.3 is 14.7 Å². The minimum Gasteiger partial charge on any atom is -0.372 e. The van der Waals surface area contributed by atoms with Crippen molar-refractivity contribution in [2.75, 3.05) is 42.5 Å². The van der Waals surface area contributed by atoms with E-state index in [9.17, 15) is 9.59 Å². The van der Waals surface area contributed by atoms with Crippen LogP contribution >= 0.6 is 0 Å². The van der Waals surface area contributed by atoms with Crippen LogP contribution in [0.1, 0.15) is 47.5 Å². The average Bonchev–Trinajstić information content (AvgIpc) is 2.61. The summed E-state index contributed by atoms with van der Waals surface area (Å²) in [5.74, 6) is -0.108. The Balaban J connectivity index is 2.92. The highest BCUT2D eigenvalue weighted by Gasteiger charge is 2.20. The van der Waals surface area contributed by atoms with Gasteiger partial charge in [0.1, 0.15) is 6.54 Å². The number of carbonyl (C=O) groups is 2. The van der Waals surface area contributed by atoms with E-state index in [4.69, 9.17) is 0 Å². The monoisotopic (exact) mass is 347 g/mol. The van der Waals surface area contributed by atoms with Crippen LogP contribution in [0.3, 0.4) is 0 Å². The fourth-order valence-corrected chi connectivity index (χ4v) is 2.95. The van der Waals surface area contributed by atoms with Crippen LogP contribution in [-0.4, -0.2) is 49.4 Å². The number of amides is 2. The molecule has 0 N–H and O–H groups in total. The molecule has 0 heterocycles. The minimum atomic E-state index is -0.114. The first-order valence-electron chi connectivity index (χ1n) is 9.39. The van der Waals surface area contributed by atoms with Crippen LogP contribution in [0.5, 0.6) is 0 Å². The van der Waals surface area contributed by atoms with Gasteiger partial charge in [-0.15, -0.1) is 0 Å². The standard InChI is InChI=1S/C20H33N3O2/c1-6-14-22(15-7-2)20(25)16-23(17(5)24)19-12-10-18(11-13-19)21(8-3)9-4/h10-13H,6-9,14-16H2,1-5H3. The molecular formula is C20H33N3O2. The lowest BCUT2D eigenvalue weighted by molar-refractivity contribution is -0.131. The van der Waals surface area contributed by atoms with E-state index in [-0.39, 0.29) is 18.4 Å². The molecule has 0 unspecified atom stereocenters. The molecule has 0 bridgehead atoms. The van der Waals surface area contributed by atoms with E-state index in [1.807, 2.05) is 29.2 Å². The quantitative estimate of drug-likeness (QED) is 0.650. The third-order valence-corrected chi connectivity index (χ3v) is 4.30. The Kier molecular flexibility index (Phi) is 9.03. The van der Waals surface area contributed by atoms with Gasteiger partial charge in [-0.05, 0) is 51.0 Å². The van der Waals surface area contributed by atoms with Crippen molar-refractivity contribution in [3.63, 3.8) is 0 Å². The second-order valence-corrected chi connectivity index (χ2v) is 6.17. The van der Waals surface area contributed by atoms with Crippen molar-refractivity contribution in [2.45, 2.75) is 47.5 Å². The highest BCUT2D eigenvalue weighted by molar-refractivity contribution is 5.97. The normalized spacial score (nSPS) is 10.4. The number of carbonyl (C=O) groups excluding carboxylic acids is 2. The van der Waals surface area contributed by atoms with Gasteiger partial charge in [0, 0.05) is 44.5 Å². The van der Waals surface area contributed by atoms with Crippen LogP contribution in [0, 0.1) is 0 Å². The van der Waals surface area contributed by atoms with E-state index in [1.165, 1.54) is 6.92 Å². The maximum Gasteiger partial charge on any atom is 0.242 e. The molecule has 0 atom stereocenters. The first-order valence-corrected chi connectivity index (χ1v) is 9.39. The van der Waals surface area contributed by atoms with Crippen LogP contribution in [0.25, 0.3) is 0 Å². The molecule has 25 heavy (non-hydrogen) atoms. The van der Waals surface area contributed by atoms with Gasteiger partial charge in [-0.1, -0.05) is 13.8 Å². The second-order valence-electron chi connectivity index (χ2n) is 6.17. The van der Waals surface area contributed by atoms with Crippen molar-refractivity contribution < 1.29 is 9.59 Å². The third-order valence-electron chi connectivity index (χ3n) is 4.30. The molecule has 0 spiro atoms. The van der Waals surface area contributed by atoms with Crippen LogP contribution in [-0.2, 0) is 9.59 Å². The smallest absolute Gasteiger partial charge is 0.242 e. The number of benzene rings is 1. The topological polar surface area (TPSA) is 43.9 Å². The summed E-state index contributed by atoms with van der Waals surface area (Å²) in [5.41, 5.74) is 1.90. The van der Waals surface area contributed by atoms with Crippen molar-refractivity contribution in [1.29, 1.82) is 0 Å². The minimum absolute atomic E-state index is 0.00622. The van der Waals surface area contributed by atoms with Gasteiger partial charge in [0.05, 0.1) is 0 Å². The fourth-order valence-electron chi connectivity index (χ4n) is 2.95. The molecule has 0 radical (unpaired) electrons. The van der Waals surface area contributed by atoms with E-state index in [1.54, 1.807) is 4.90 Å². The fraction of sp³-hybridized carbons (Fsp3) is 0.600. The average molecular weight is 348 g/mol. The Morgan fingerprint density at radius 1 is 0.840 bits per heavy atom. The van der Waals surface area contributed by atoms with E-state index >= 15 is 0 Å². The third kappa shape index (κ3) is 6.07. The number of hydrogen-bond donors (Lipinski definition) is 0. The Hall–Kier alpha value is -2.04. The summed E-state index contributed by atoms with van der Waals surface area (Å²) in [6, 6.07) is 7.87. The molecule has 0 fully saturated rings. The summed E-state index contributed by atoms with van der Waals surface area (Å²) in [6.45, 7) is 13.3. The van der Waals surface area contributed by atoms with Crippen LogP contribution < -0.4 is 9.80 Å². The van der Waals surface area contributed by atoms with E-state index in [2.05, 4.69) is 32.6 Å². The first kappa shape index (κ1) is 21.0. The molecule has 1 aromatic carbocycles. The summed E-state index contributed by atoms with van der Waals surface area (Å²) in [6.07, 6.45) is 1.84. The molecule has 0 saturated carbocycles. The molecule has 0 aliphatic carbocycles. The molecule has 0 aromatic heterocycles. The first-order chi connectivity index (χ1) is 12.0. The van der Waals surface area contributed by atoms with Crippen LogP contribution in [0.15, 0.2) is 24.3 Å². The Labute approximate surface area is 152 Å². The molecule has 0 aliphatic heterocycles. The number of anilines is 2. The molecule has 140 valence electrons. The lowest BCUT2D eigenvalue weighted by Crippen LogP contribution is -2.43. The van der Waals surface area contributed by atoms with Crippen LogP contribution in [0.2, 0.25) is 0 Å². The lowest BCUT2D eigenvalue weighted by atomic mass is 10.2. The number of hydrogen-bond acceptors (Lipinski definition) is 3. The predicted octanol–water partition coefficient (Wildman–Crippen LogP) is 3.53. The largest absolute Gasteiger partial charge is 0.372 e. The molecule has 0 aliphatic rings. The highest BCUT2D eigenvalue weighted by Crippen LogP contribution is 2.21. The summed E-state index contributed by atoms with van der Waals surface area (Å²) in [4.78, 5) is 30.4. The van der Waals surface area contributed by atoms with Gasteiger partial charge in [-0.25, -0.2) is 0 Å². The van der Waals surface area contributed by atoms with Crippen molar-refractivity contribution in [2.24, 2.45) is 0 Å². The Bertz CT molecular complexity index is 532. The summed E-state index contributed by atoms with van der Waals surface area (Å²) in [5, 5.41) is 0. The summed E-state index contributed by atoms with van der Waals surface area (Å²) >= 11 is 0. The lowest BCUT2D eigenvalue weighted by Gasteiger charge is -2.27. The zero-order chi connectivity index (χ0) is 18.8. The second kappa shape index (κ2) is 10.7. The number of rotatable bonds is 10. The molecule has 0 saturated heterocycles. The van der Waals surface area contributed by atoms with Gasteiger partial charge in [0.2, 0.25) is 11.8 Å². The molecule has 1 aromatic rings. The zero-order valence-electron chi connectivity index (χ0n) is 16.4. The van der Waals surface area contributed by atoms with Crippen molar-refractivity contribution in [1.82, 2.24) is 4.90 Å². The van der Waals surface area contributed by atoms with Crippen molar-refractivity contribution in [3.8, 4) is 0 Å².